The Labute approximate surface area is 178 Å². The summed E-state index contributed by atoms with van der Waals surface area (Å²) in [6.07, 6.45) is 1.68. The molecule has 0 aliphatic rings. The average molecular weight is 519 g/mol. The number of anilines is 1. The summed E-state index contributed by atoms with van der Waals surface area (Å²) in [5.74, 6) is -0.632. The van der Waals surface area contributed by atoms with E-state index in [2.05, 4.69) is 15.5 Å². The molecule has 150 valence electrons. The molecule has 0 bridgehead atoms. The standard InChI is InChI=1S/C17H18IN3O6S/c1-3-26-15(24)6-11-9-28-17(20-11)21-19-7-10-4-12(18)16(13(5-10)25-2)27-8-14(22)23/h4-5,7,9H,3,6,8H2,1-2H3,(H,20,21)(H,22,23). The van der Waals surface area contributed by atoms with Crippen LogP contribution in [0.5, 0.6) is 11.5 Å². The fourth-order valence-corrected chi connectivity index (χ4v) is 3.49. The maximum atomic E-state index is 11.5. The topological polar surface area (TPSA) is 119 Å². The number of benzene rings is 1. The summed E-state index contributed by atoms with van der Waals surface area (Å²) < 4.78 is 16.1. The lowest BCUT2D eigenvalue weighted by Gasteiger charge is -2.12. The lowest BCUT2D eigenvalue weighted by molar-refractivity contribution is -0.142. The number of carbonyl (C=O) groups excluding carboxylic acids is 1. The van der Waals surface area contributed by atoms with Gasteiger partial charge in [0.2, 0.25) is 5.13 Å². The largest absolute Gasteiger partial charge is 0.493 e. The minimum Gasteiger partial charge on any atom is -0.493 e. The number of aromatic nitrogens is 1. The predicted octanol–water partition coefficient (Wildman–Crippen LogP) is 2.77. The molecule has 0 saturated carbocycles. The quantitative estimate of drug-likeness (QED) is 0.213. The van der Waals surface area contributed by atoms with Gasteiger partial charge in [0, 0.05) is 5.38 Å². The van der Waals surface area contributed by atoms with Gasteiger partial charge in [-0.05, 0) is 47.2 Å². The summed E-state index contributed by atoms with van der Waals surface area (Å²) >= 11 is 3.35. The van der Waals surface area contributed by atoms with Gasteiger partial charge in [-0.15, -0.1) is 11.3 Å². The van der Waals surface area contributed by atoms with Crippen LogP contribution in [0.15, 0.2) is 22.6 Å². The molecule has 0 radical (unpaired) electrons. The van der Waals surface area contributed by atoms with Crippen LogP contribution in [0, 0.1) is 3.57 Å². The molecule has 9 nitrogen and oxygen atoms in total. The van der Waals surface area contributed by atoms with Gasteiger partial charge in [0.05, 0.1) is 35.6 Å². The average Bonchev–Trinajstić information content (AvgIpc) is 3.07. The third kappa shape index (κ3) is 6.64. The summed E-state index contributed by atoms with van der Waals surface area (Å²) in [6.45, 7) is 1.63. The van der Waals surface area contributed by atoms with Crippen molar-refractivity contribution in [2.45, 2.75) is 13.3 Å². The summed E-state index contributed by atoms with van der Waals surface area (Å²) in [5.41, 5.74) is 4.13. The van der Waals surface area contributed by atoms with Gasteiger partial charge in [0.25, 0.3) is 0 Å². The number of aliphatic carboxylic acids is 1. The Morgan fingerprint density at radius 3 is 2.89 bits per heavy atom. The second-order valence-corrected chi connectivity index (χ2v) is 7.23. The molecule has 11 heteroatoms. The highest BCUT2D eigenvalue weighted by Gasteiger charge is 2.13. The van der Waals surface area contributed by atoms with Gasteiger partial charge < -0.3 is 19.3 Å². The van der Waals surface area contributed by atoms with E-state index in [0.717, 1.165) is 5.56 Å². The van der Waals surface area contributed by atoms with Crippen LogP contribution in [-0.2, 0) is 20.7 Å². The van der Waals surface area contributed by atoms with Gasteiger partial charge in [0.1, 0.15) is 0 Å². The number of carboxylic acid groups (broad SMARTS) is 1. The number of hydrazone groups is 1. The van der Waals surface area contributed by atoms with Crippen molar-refractivity contribution < 1.29 is 28.9 Å². The van der Waals surface area contributed by atoms with E-state index >= 15 is 0 Å². The van der Waals surface area contributed by atoms with Crippen LogP contribution in [0.2, 0.25) is 0 Å². The van der Waals surface area contributed by atoms with Crippen molar-refractivity contribution >= 4 is 57.2 Å². The van der Waals surface area contributed by atoms with Gasteiger partial charge in [-0.3, -0.25) is 10.2 Å². The van der Waals surface area contributed by atoms with E-state index in [-0.39, 0.29) is 12.4 Å². The van der Waals surface area contributed by atoms with E-state index in [1.54, 1.807) is 30.7 Å². The molecule has 0 amide bonds. The summed E-state index contributed by atoms with van der Waals surface area (Å²) in [6, 6.07) is 3.46. The van der Waals surface area contributed by atoms with E-state index < -0.39 is 12.6 Å². The van der Waals surface area contributed by atoms with Crippen LogP contribution in [0.25, 0.3) is 0 Å². The molecule has 2 aromatic rings. The number of carbonyl (C=O) groups is 2. The molecule has 1 heterocycles. The van der Waals surface area contributed by atoms with E-state index in [9.17, 15) is 9.59 Å². The van der Waals surface area contributed by atoms with Gasteiger partial charge in [-0.25, -0.2) is 9.78 Å². The van der Waals surface area contributed by atoms with Crippen LogP contribution < -0.4 is 14.9 Å². The highest BCUT2D eigenvalue weighted by molar-refractivity contribution is 14.1. The Balaban J connectivity index is 2.02. The first-order valence-electron chi connectivity index (χ1n) is 8.04. The van der Waals surface area contributed by atoms with E-state index in [4.69, 9.17) is 19.3 Å². The van der Waals surface area contributed by atoms with Crippen LogP contribution in [-0.4, -0.2) is 48.6 Å². The number of hydrogen-bond donors (Lipinski definition) is 2. The highest BCUT2D eigenvalue weighted by atomic mass is 127. The zero-order valence-corrected chi connectivity index (χ0v) is 18.1. The number of esters is 1. The van der Waals surface area contributed by atoms with Crippen molar-refractivity contribution in [2.75, 3.05) is 25.7 Å². The Hall–Kier alpha value is -2.41. The summed E-state index contributed by atoms with van der Waals surface area (Å²) in [5, 5.41) is 15.2. The van der Waals surface area contributed by atoms with Crippen molar-refractivity contribution in [3.63, 3.8) is 0 Å². The number of methoxy groups -OCH3 is 1. The molecule has 0 fully saturated rings. The lowest BCUT2D eigenvalue weighted by atomic mass is 10.2. The molecule has 0 spiro atoms. The number of carboxylic acids is 1. The van der Waals surface area contributed by atoms with Crippen molar-refractivity contribution in [1.29, 1.82) is 0 Å². The molecule has 0 saturated heterocycles. The monoisotopic (exact) mass is 519 g/mol. The number of ether oxygens (including phenoxy) is 3. The minimum atomic E-state index is -1.07. The molecule has 2 rings (SSSR count). The first-order valence-corrected chi connectivity index (χ1v) is 10.00. The molecular formula is C17H18IN3O6S. The predicted molar refractivity (Wildman–Crippen MR) is 113 cm³/mol. The number of thiazole rings is 1. The van der Waals surface area contributed by atoms with Crippen molar-refractivity contribution in [1.82, 2.24) is 4.98 Å². The number of nitrogens with zero attached hydrogens (tertiary/aromatic N) is 2. The van der Waals surface area contributed by atoms with Gasteiger partial charge >= 0.3 is 11.9 Å². The fourth-order valence-electron chi connectivity index (χ4n) is 2.05. The number of halogens is 1. The second-order valence-electron chi connectivity index (χ2n) is 5.21. The molecule has 0 atom stereocenters. The summed E-state index contributed by atoms with van der Waals surface area (Å²) in [7, 11) is 1.47. The van der Waals surface area contributed by atoms with Gasteiger partial charge in [-0.1, -0.05) is 0 Å². The zero-order chi connectivity index (χ0) is 20.5. The molecule has 0 aliphatic heterocycles. The maximum Gasteiger partial charge on any atom is 0.341 e. The van der Waals surface area contributed by atoms with Gasteiger partial charge in [-0.2, -0.15) is 5.10 Å². The molecule has 0 aliphatic carbocycles. The molecule has 28 heavy (non-hydrogen) atoms. The zero-order valence-electron chi connectivity index (χ0n) is 15.1. The molecule has 0 unspecified atom stereocenters. The number of hydrogen-bond acceptors (Lipinski definition) is 9. The molecule has 1 aromatic heterocycles. The van der Waals surface area contributed by atoms with E-state index in [1.807, 2.05) is 22.6 Å². The smallest absolute Gasteiger partial charge is 0.341 e. The third-order valence-electron chi connectivity index (χ3n) is 3.15. The lowest BCUT2D eigenvalue weighted by Crippen LogP contribution is -2.11. The fraction of sp³-hybridized carbons (Fsp3) is 0.294. The van der Waals surface area contributed by atoms with E-state index in [0.29, 0.717) is 32.5 Å². The first kappa shape index (κ1) is 21.9. The second kappa shape index (κ2) is 10.8. The van der Waals surface area contributed by atoms with Crippen molar-refractivity contribution in [2.24, 2.45) is 5.10 Å². The summed E-state index contributed by atoms with van der Waals surface area (Å²) in [4.78, 5) is 26.4. The van der Waals surface area contributed by atoms with Crippen LogP contribution >= 0.6 is 33.9 Å². The van der Waals surface area contributed by atoms with Gasteiger partial charge in [0.15, 0.2) is 18.1 Å². The Bertz CT molecular complexity index is 871. The molecule has 1 aromatic carbocycles. The maximum absolute atomic E-state index is 11.5. The molecular weight excluding hydrogens is 501 g/mol. The Morgan fingerprint density at radius 1 is 1.43 bits per heavy atom. The normalized spacial score (nSPS) is 10.7. The van der Waals surface area contributed by atoms with Crippen LogP contribution in [0.4, 0.5) is 5.13 Å². The Kier molecular flexibility index (Phi) is 8.44. The highest BCUT2D eigenvalue weighted by Crippen LogP contribution is 2.33. The Morgan fingerprint density at radius 2 is 2.21 bits per heavy atom. The van der Waals surface area contributed by atoms with E-state index in [1.165, 1.54) is 18.4 Å². The number of nitrogens with one attached hydrogen (secondary N) is 1. The third-order valence-corrected chi connectivity index (χ3v) is 4.75. The first-order chi connectivity index (χ1) is 13.4. The van der Waals surface area contributed by atoms with Crippen molar-refractivity contribution in [3.8, 4) is 11.5 Å². The molecule has 2 N–H and O–H groups in total. The SMILES string of the molecule is CCOC(=O)Cc1csc(NN=Cc2cc(I)c(OCC(=O)O)c(OC)c2)n1. The van der Waals surface area contributed by atoms with Crippen LogP contribution in [0.1, 0.15) is 18.2 Å². The van der Waals surface area contributed by atoms with Crippen LogP contribution in [0.3, 0.4) is 0 Å². The van der Waals surface area contributed by atoms with Crippen molar-refractivity contribution in [3.05, 3.63) is 32.3 Å². The number of rotatable bonds is 10. The minimum absolute atomic E-state index is 0.114.